The molecule has 1 aromatic heterocycles. The highest BCUT2D eigenvalue weighted by atomic mass is 35.5. The van der Waals surface area contributed by atoms with E-state index in [9.17, 15) is 4.79 Å². The highest BCUT2D eigenvalue weighted by Crippen LogP contribution is 2.32. The number of aromatic nitrogens is 3. The Labute approximate surface area is 171 Å². The highest BCUT2D eigenvalue weighted by Gasteiger charge is 2.43. The van der Waals surface area contributed by atoms with Crippen molar-refractivity contribution >= 4 is 64.4 Å². The Morgan fingerprint density at radius 1 is 1.19 bits per heavy atom. The second-order valence-electron chi connectivity index (χ2n) is 5.96. The van der Waals surface area contributed by atoms with Gasteiger partial charge in [-0.3, -0.25) is 15.1 Å². The first-order valence-electron chi connectivity index (χ1n) is 7.88. The summed E-state index contributed by atoms with van der Waals surface area (Å²) in [6, 6.07) is 4.13. The molecule has 27 heavy (non-hydrogen) atoms. The van der Waals surface area contributed by atoms with Crippen LogP contribution in [0.2, 0.25) is 10.0 Å². The Hall–Kier alpha value is -2.10. The van der Waals surface area contributed by atoms with Gasteiger partial charge in [-0.05, 0) is 31.4 Å². The molecule has 1 atom stereocenters. The Bertz CT molecular complexity index is 924. The van der Waals surface area contributed by atoms with Crippen LogP contribution in [-0.2, 0) is 4.79 Å². The predicted octanol–water partition coefficient (Wildman–Crippen LogP) is 3.14. The average Bonchev–Trinajstić information content (AvgIpc) is 2.86. The monoisotopic (exact) mass is 425 g/mol. The molecule has 1 N–H and O–H groups in total. The van der Waals surface area contributed by atoms with E-state index in [1.807, 2.05) is 20.4 Å². The smallest absolute Gasteiger partial charge is 0.256 e. The largest absolute Gasteiger partial charge is 0.347 e. The van der Waals surface area contributed by atoms with E-state index in [4.69, 9.17) is 28.6 Å². The van der Waals surface area contributed by atoms with E-state index in [1.165, 1.54) is 21.6 Å². The fourth-order valence-corrected chi connectivity index (χ4v) is 3.21. The van der Waals surface area contributed by atoms with Gasteiger partial charge in [0.05, 0.1) is 15.7 Å². The van der Waals surface area contributed by atoms with E-state index >= 15 is 0 Å². The number of anilines is 3. The van der Waals surface area contributed by atoms with Crippen molar-refractivity contribution in [3.63, 3.8) is 0 Å². The number of thioether (sulfide) groups is 1. The lowest BCUT2D eigenvalue weighted by Gasteiger charge is -2.21. The first-order chi connectivity index (χ1) is 12.7. The number of carbonyl (C=O) groups is 1. The fourth-order valence-electron chi connectivity index (χ4n) is 2.57. The number of benzene rings is 1. The summed E-state index contributed by atoms with van der Waals surface area (Å²) >= 11 is 13.4. The van der Waals surface area contributed by atoms with E-state index in [0.29, 0.717) is 26.8 Å². The van der Waals surface area contributed by atoms with E-state index in [2.05, 4.69) is 15.0 Å². The molecule has 1 amide bonds. The van der Waals surface area contributed by atoms with E-state index in [-0.39, 0.29) is 17.8 Å². The molecular weight excluding hydrogens is 409 g/mol. The number of halogens is 2. The third-order valence-corrected chi connectivity index (χ3v) is 5.24. The van der Waals surface area contributed by atoms with Gasteiger partial charge in [0.1, 0.15) is 6.04 Å². The van der Waals surface area contributed by atoms with Crippen LogP contribution in [0.25, 0.3) is 0 Å². The summed E-state index contributed by atoms with van der Waals surface area (Å²) in [6.07, 6.45) is 1.85. The van der Waals surface area contributed by atoms with Gasteiger partial charge < -0.3 is 4.90 Å². The predicted molar refractivity (Wildman–Crippen MR) is 110 cm³/mol. The zero-order chi connectivity index (χ0) is 19.9. The lowest BCUT2D eigenvalue weighted by Crippen LogP contribution is -2.36. The molecule has 1 unspecified atom stereocenters. The standard InChI is InChI=1S/C16H17Cl2N7OS/c1-8-12(26)25(9-5-6-10(17)11(18)7-9)13(19)24(8)15-20-14(23(2)3)21-16(22-15)27-4/h5-8,19H,1-4H3. The SMILES string of the molecule is CSc1nc(N(C)C)nc(N2C(=N)N(c3ccc(Cl)c(Cl)c3)C(=O)C2C)n1. The summed E-state index contributed by atoms with van der Waals surface area (Å²) in [4.78, 5) is 30.5. The topological polar surface area (TPSA) is 89.3 Å². The molecule has 1 saturated heterocycles. The van der Waals surface area contributed by atoms with Crippen LogP contribution >= 0.6 is 35.0 Å². The molecule has 1 aliphatic rings. The van der Waals surface area contributed by atoms with Crippen LogP contribution in [-0.4, -0.2) is 53.2 Å². The van der Waals surface area contributed by atoms with Crippen LogP contribution in [0.5, 0.6) is 0 Å². The quantitative estimate of drug-likeness (QED) is 0.752. The minimum absolute atomic E-state index is 0.0613. The summed E-state index contributed by atoms with van der Waals surface area (Å²) in [5.74, 6) is 0.348. The average molecular weight is 426 g/mol. The van der Waals surface area contributed by atoms with Crippen LogP contribution in [0.4, 0.5) is 17.6 Å². The van der Waals surface area contributed by atoms with Crippen LogP contribution in [0.3, 0.4) is 0 Å². The zero-order valence-electron chi connectivity index (χ0n) is 15.1. The van der Waals surface area contributed by atoms with Gasteiger partial charge in [-0.25, -0.2) is 4.90 Å². The molecular formula is C16H17Cl2N7OS. The van der Waals surface area contributed by atoms with Gasteiger partial charge in [-0.15, -0.1) is 0 Å². The van der Waals surface area contributed by atoms with Gasteiger partial charge in [0.15, 0.2) is 5.16 Å². The van der Waals surface area contributed by atoms with Gasteiger partial charge in [-0.2, -0.15) is 15.0 Å². The number of carbonyl (C=O) groups excluding carboxylic acids is 1. The van der Waals surface area contributed by atoms with Crippen molar-refractivity contribution in [2.24, 2.45) is 0 Å². The number of rotatable bonds is 4. The molecule has 0 saturated carbocycles. The van der Waals surface area contributed by atoms with E-state index < -0.39 is 6.04 Å². The van der Waals surface area contributed by atoms with Crippen LogP contribution in [0, 0.1) is 5.41 Å². The Morgan fingerprint density at radius 2 is 1.89 bits per heavy atom. The Kier molecular flexibility index (Phi) is 5.45. The van der Waals surface area contributed by atoms with E-state index in [1.54, 1.807) is 30.0 Å². The maximum absolute atomic E-state index is 12.8. The van der Waals surface area contributed by atoms with Crippen molar-refractivity contribution in [2.45, 2.75) is 18.1 Å². The summed E-state index contributed by atoms with van der Waals surface area (Å²) in [5.41, 5.74) is 0.459. The van der Waals surface area contributed by atoms with Crippen molar-refractivity contribution in [2.75, 3.05) is 35.1 Å². The Morgan fingerprint density at radius 3 is 2.48 bits per heavy atom. The molecule has 8 nitrogen and oxygen atoms in total. The van der Waals surface area contributed by atoms with Crippen molar-refractivity contribution in [3.05, 3.63) is 28.2 Å². The highest BCUT2D eigenvalue weighted by molar-refractivity contribution is 7.98. The second kappa shape index (κ2) is 7.49. The van der Waals surface area contributed by atoms with Crippen LogP contribution in [0.15, 0.2) is 23.4 Å². The normalized spacial score (nSPS) is 17.0. The van der Waals surface area contributed by atoms with Gasteiger partial charge in [-0.1, -0.05) is 35.0 Å². The van der Waals surface area contributed by atoms with Crippen molar-refractivity contribution in [1.29, 1.82) is 5.41 Å². The van der Waals surface area contributed by atoms with Crippen molar-refractivity contribution in [3.8, 4) is 0 Å². The van der Waals surface area contributed by atoms with Crippen LogP contribution < -0.4 is 14.7 Å². The molecule has 0 bridgehead atoms. The molecule has 1 aromatic carbocycles. The minimum Gasteiger partial charge on any atom is -0.347 e. The third kappa shape index (κ3) is 3.54. The second-order valence-corrected chi connectivity index (χ2v) is 7.55. The molecule has 1 aliphatic heterocycles. The van der Waals surface area contributed by atoms with Gasteiger partial charge in [0.25, 0.3) is 5.91 Å². The van der Waals surface area contributed by atoms with Crippen LogP contribution in [0.1, 0.15) is 6.92 Å². The van der Waals surface area contributed by atoms with Gasteiger partial charge in [0.2, 0.25) is 17.9 Å². The molecule has 142 valence electrons. The zero-order valence-corrected chi connectivity index (χ0v) is 17.4. The number of hydrogen-bond acceptors (Lipinski definition) is 7. The molecule has 2 aromatic rings. The van der Waals surface area contributed by atoms with Crippen molar-refractivity contribution < 1.29 is 4.79 Å². The number of hydrogen-bond donors (Lipinski definition) is 1. The molecule has 0 radical (unpaired) electrons. The Balaban J connectivity index is 2.05. The number of amides is 1. The van der Waals surface area contributed by atoms with Gasteiger partial charge in [0, 0.05) is 14.1 Å². The van der Waals surface area contributed by atoms with Gasteiger partial charge >= 0.3 is 0 Å². The number of nitrogens with one attached hydrogen (secondary N) is 1. The number of nitrogens with zero attached hydrogens (tertiary/aromatic N) is 6. The summed E-state index contributed by atoms with van der Waals surface area (Å²) < 4.78 is 0. The summed E-state index contributed by atoms with van der Waals surface area (Å²) in [7, 11) is 3.63. The molecule has 2 heterocycles. The maximum Gasteiger partial charge on any atom is 0.256 e. The molecule has 3 rings (SSSR count). The third-order valence-electron chi connectivity index (χ3n) is 3.96. The molecule has 0 spiro atoms. The fraction of sp³-hybridized carbons (Fsp3) is 0.312. The molecule has 1 fully saturated rings. The first kappa shape index (κ1) is 19.7. The lowest BCUT2D eigenvalue weighted by molar-refractivity contribution is -0.117. The number of guanidine groups is 1. The minimum atomic E-state index is -0.654. The summed E-state index contributed by atoms with van der Waals surface area (Å²) in [6.45, 7) is 1.70. The first-order valence-corrected chi connectivity index (χ1v) is 9.87. The summed E-state index contributed by atoms with van der Waals surface area (Å²) in [5, 5.41) is 9.75. The maximum atomic E-state index is 12.8. The molecule has 11 heteroatoms. The molecule has 0 aliphatic carbocycles. The van der Waals surface area contributed by atoms with E-state index in [0.717, 1.165) is 0 Å². The lowest BCUT2D eigenvalue weighted by atomic mass is 10.2. The van der Waals surface area contributed by atoms with Crippen molar-refractivity contribution in [1.82, 2.24) is 15.0 Å².